The van der Waals surface area contributed by atoms with Crippen LogP contribution in [0.2, 0.25) is 0 Å². The van der Waals surface area contributed by atoms with Gasteiger partial charge in [0.05, 0.1) is 17.4 Å². The lowest BCUT2D eigenvalue weighted by Gasteiger charge is -1.95. The molecule has 0 radical (unpaired) electrons. The van der Waals surface area contributed by atoms with Crippen LogP contribution in [-0.4, -0.2) is 30.6 Å². The Morgan fingerprint density at radius 1 is 1.62 bits per heavy atom. The molecule has 0 saturated carbocycles. The van der Waals surface area contributed by atoms with Crippen LogP contribution in [0.4, 0.5) is 0 Å². The molecule has 1 aromatic rings. The number of carboxylic acids is 1. The van der Waals surface area contributed by atoms with E-state index in [0.717, 1.165) is 11.2 Å². The Labute approximate surface area is 97.9 Å². The van der Waals surface area contributed by atoms with E-state index in [1.165, 1.54) is 16.2 Å². The van der Waals surface area contributed by atoms with Crippen molar-refractivity contribution < 1.29 is 19.4 Å². The molecule has 2 rings (SSSR count). The zero-order valence-electron chi connectivity index (χ0n) is 9.01. The van der Waals surface area contributed by atoms with E-state index in [1.54, 1.807) is 0 Å². The van der Waals surface area contributed by atoms with Gasteiger partial charge < -0.3 is 9.84 Å². The number of carbonyl (C=O) groups is 2. The van der Waals surface area contributed by atoms with Crippen molar-refractivity contribution in [3.05, 3.63) is 21.9 Å². The zero-order valence-corrected chi connectivity index (χ0v) is 9.83. The standard InChI is InChI=1S/C6H6OS.C5H8O3/c1-5-2-3-6(4-7)8-5;6-5(7)4-1-2-8-3-4/h2-4H,1H3;4H,1-3H2,(H,6,7)/t;4-/m.1/s1. The minimum absolute atomic E-state index is 0.241. The minimum atomic E-state index is -0.734. The van der Waals surface area contributed by atoms with Gasteiger partial charge in [0, 0.05) is 11.5 Å². The number of rotatable bonds is 2. The molecule has 1 N–H and O–H groups in total. The fourth-order valence-corrected chi connectivity index (χ4v) is 1.94. The van der Waals surface area contributed by atoms with Gasteiger partial charge in [-0.1, -0.05) is 0 Å². The Kier molecular flexibility index (Phi) is 5.14. The molecule has 0 aliphatic carbocycles. The van der Waals surface area contributed by atoms with E-state index in [9.17, 15) is 9.59 Å². The summed E-state index contributed by atoms with van der Waals surface area (Å²) in [6.07, 6.45) is 1.55. The van der Waals surface area contributed by atoms with Crippen molar-refractivity contribution in [2.24, 2.45) is 5.92 Å². The fraction of sp³-hybridized carbons (Fsp3) is 0.455. The van der Waals surface area contributed by atoms with E-state index >= 15 is 0 Å². The maximum atomic E-state index is 10.1. The lowest BCUT2D eigenvalue weighted by atomic mass is 10.1. The molecular formula is C11H14O4S. The van der Waals surface area contributed by atoms with Crippen molar-refractivity contribution >= 4 is 23.6 Å². The van der Waals surface area contributed by atoms with Crippen molar-refractivity contribution in [2.75, 3.05) is 13.2 Å². The van der Waals surface area contributed by atoms with Gasteiger partial charge in [-0.3, -0.25) is 9.59 Å². The van der Waals surface area contributed by atoms with E-state index in [2.05, 4.69) is 0 Å². The summed E-state index contributed by atoms with van der Waals surface area (Å²) >= 11 is 1.52. The predicted octanol–water partition coefficient (Wildman–Crippen LogP) is 1.98. The molecule has 5 heteroatoms. The second-order valence-corrected chi connectivity index (χ2v) is 4.78. The highest BCUT2D eigenvalue weighted by Crippen LogP contribution is 2.11. The first-order chi connectivity index (χ1) is 7.63. The third-order valence-corrected chi connectivity index (χ3v) is 3.08. The van der Waals surface area contributed by atoms with Crippen molar-refractivity contribution in [3.8, 4) is 0 Å². The molecule has 2 heterocycles. The second kappa shape index (κ2) is 6.40. The molecule has 88 valence electrons. The van der Waals surface area contributed by atoms with Crippen LogP contribution in [0.5, 0.6) is 0 Å². The molecule has 16 heavy (non-hydrogen) atoms. The summed E-state index contributed by atoms with van der Waals surface area (Å²) in [5.74, 6) is -0.975. The molecule has 1 aliphatic rings. The van der Waals surface area contributed by atoms with Crippen molar-refractivity contribution in [1.29, 1.82) is 0 Å². The highest BCUT2D eigenvalue weighted by atomic mass is 32.1. The van der Waals surface area contributed by atoms with Crippen LogP contribution in [0, 0.1) is 12.8 Å². The van der Waals surface area contributed by atoms with Gasteiger partial charge in [0.15, 0.2) is 6.29 Å². The van der Waals surface area contributed by atoms with E-state index in [0.29, 0.717) is 19.6 Å². The van der Waals surface area contributed by atoms with Gasteiger partial charge >= 0.3 is 5.97 Å². The van der Waals surface area contributed by atoms with Gasteiger partial charge in [0.25, 0.3) is 0 Å². The summed E-state index contributed by atoms with van der Waals surface area (Å²) in [5.41, 5.74) is 0. The molecule has 0 spiro atoms. The van der Waals surface area contributed by atoms with Crippen molar-refractivity contribution in [2.45, 2.75) is 13.3 Å². The highest BCUT2D eigenvalue weighted by molar-refractivity contribution is 7.13. The SMILES string of the molecule is Cc1ccc(C=O)s1.O=C(O)[C@@H]1CCOC1. The summed E-state index contributed by atoms with van der Waals surface area (Å²) in [4.78, 5) is 22.1. The quantitative estimate of drug-likeness (QED) is 0.805. The van der Waals surface area contributed by atoms with Crippen molar-refractivity contribution in [3.63, 3.8) is 0 Å². The summed E-state index contributed by atoms with van der Waals surface area (Å²) in [6.45, 7) is 2.99. The molecule has 1 fully saturated rings. The summed E-state index contributed by atoms with van der Waals surface area (Å²) in [7, 11) is 0. The number of ether oxygens (including phenoxy) is 1. The molecule has 0 bridgehead atoms. The average molecular weight is 242 g/mol. The Morgan fingerprint density at radius 3 is 2.62 bits per heavy atom. The lowest BCUT2D eigenvalue weighted by Crippen LogP contribution is -2.12. The van der Waals surface area contributed by atoms with Crippen LogP contribution < -0.4 is 0 Å². The maximum Gasteiger partial charge on any atom is 0.308 e. The smallest absolute Gasteiger partial charge is 0.308 e. The van der Waals surface area contributed by atoms with Crippen LogP contribution in [0.1, 0.15) is 21.0 Å². The lowest BCUT2D eigenvalue weighted by molar-refractivity contribution is -0.141. The Bertz CT molecular complexity index is 353. The van der Waals surface area contributed by atoms with E-state index in [1.807, 2.05) is 19.1 Å². The first-order valence-corrected chi connectivity index (χ1v) is 5.77. The number of carbonyl (C=O) groups excluding carboxylic acids is 1. The number of carboxylic acid groups (broad SMARTS) is 1. The Morgan fingerprint density at radius 2 is 2.38 bits per heavy atom. The van der Waals surface area contributed by atoms with Crippen LogP contribution in [-0.2, 0) is 9.53 Å². The van der Waals surface area contributed by atoms with Gasteiger partial charge in [-0.2, -0.15) is 0 Å². The molecule has 4 nitrogen and oxygen atoms in total. The van der Waals surface area contributed by atoms with Gasteiger partial charge in [-0.05, 0) is 25.5 Å². The molecule has 1 aliphatic heterocycles. The van der Waals surface area contributed by atoms with E-state index < -0.39 is 5.97 Å². The number of aldehydes is 1. The van der Waals surface area contributed by atoms with Gasteiger partial charge in [-0.15, -0.1) is 11.3 Å². The maximum absolute atomic E-state index is 10.1. The molecule has 0 aromatic carbocycles. The van der Waals surface area contributed by atoms with E-state index in [4.69, 9.17) is 9.84 Å². The molecule has 0 amide bonds. The third-order valence-electron chi connectivity index (χ3n) is 2.16. The van der Waals surface area contributed by atoms with Crippen LogP contribution in [0.15, 0.2) is 12.1 Å². The van der Waals surface area contributed by atoms with Crippen molar-refractivity contribution in [1.82, 2.24) is 0 Å². The number of thiophene rings is 1. The van der Waals surface area contributed by atoms with Gasteiger partial charge in [0.2, 0.25) is 0 Å². The number of hydrogen-bond acceptors (Lipinski definition) is 4. The summed E-state index contributed by atoms with van der Waals surface area (Å²) in [6, 6.07) is 3.77. The average Bonchev–Trinajstić information content (AvgIpc) is 2.88. The normalized spacial score (nSPS) is 18.7. The monoisotopic (exact) mass is 242 g/mol. The summed E-state index contributed by atoms with van der Waals surface area (Å²) in [5, 5.41) is 8.33. The largest absolute Gasteiger partial charge is 0.481 e. The predicted molar refractivity (Wildman–Crippen MR) is 61.0 cm³/mol. The number of aliphatic carboxylic acids is 1. The van der Waals surface area contributed by atoms with E-state index in [-0.39, 0.29) is 5.92 Å². The first-order valence-electron chi connectivity index (χ1n) is 4.95. The minimum Gasteiger partial charge on any atom is -0.481 e. The number of aryl methyl sites for hydroxylation is 1. The Balaban J connectivity index is 0.000000160. The molecular weight excluding hydrogens is 228 g/mol. The van der Waals surface area contributed by atoms with Gasteiger partial charge in [0.1, 0.15) is 0 Å². The molecule has 1 saturated heterocycles. The zero-order chi connectivity index (χ0) is 12.0. The van der Waals surface area contributed by atoms with Crippen LogP contribution in [0.3, 0.4) is 0 Å². The molecule has 1 atom stereocenters. The second-order valence-electron chi connectivity index (χ2n) is 3.47. The summed E-state index contributed by atoms with van der Waals surface area (Å²) < 4.78 is 4.84. The first kappa shape index (κ1) is 12.9. The molecule has 0 unspecified atom stereocenters. The third kappa shape index (κ3) is 4.12. The van der Waals surface area contributed by atoms with Crippen LogP contribution >= 0.6 is 11.3 Å². The fourth-order valence-electron chi connectivity index (χ4n) is 1.25. The molecule has 1 aromatic heterocycles. The number of hydrogen-bond donors (Lipinski definition) is 1. The Hall–Kier alpha value is -1.20. The van der Waals surface area contributed by atoms with Crippen LogP contribution in [0.25, 0.3) is 0 Å². The topological polar surface area (TPSA) is 63.6 Å². The highest BCUT2D eigenvalue weighted by Gasteiger charge is 2.21. The van der Waals surface area contributed by atoms with Gasteiger partial charge in [-0.25, -0.2) is 0 Å².